The van der Waals surface area contributed by atoms with Crippen molar-refractivity contribution in [3.05, 3.63) is 53.4 Å². The van der Waals surface area contributed by atoms with Gasteiger partial charge in [-0.25, -0.2) is 9.97 Å². The molecule has 0 spiro atoms. The largest absolute Gasteiger partial charge is 0.386 e. The third-order valence-corrected chi connectivity index (χ3v) is 5.15. The molecular weight excluding hydrogens is 356 g/mol. The van der Waals surface area contributed by atoms with Gasteiger partial charge < -0.3 is 14.4 Å². The van der Waals surface area contributed by atoms with Gasteiger partial charge in [-0.3, -0.25) is 10.7 Å². The molecule has 1 saturated heterocycles. The topological polar surface area (TPSA) is 92.4 Å². The molecule has 0 aliphatic carbocycles. The number of aliphatic hydroxyl groups is 1. The Morgan fingerprint density at radius 1 is 1.27 bits per heavy atom. The number of anilines is 1. The lowest BCUT2D eigenvalue weighted by atomic mass is 9.94. The van der Waals surface area contributed by atoms with E-state index in [1.165, 1.54) is 6.33 Å². The summed E-state index contributed by atoms with van der Waals surface area (Å²) < 4.78 is 8.09. The van der Waals surface area contributed by atoms with Crippen molar-refractivity contribution in [1.29, 1.82) is 0 Å². The van der Waals surface area contributed by atoms with Crippen LogP contribution in [0.15, 0.2) is 42.9 Å². The average Bonchev–Trinajstić information content (AvgIpc) is 3.25. The van der Waals surface area contributed by atoms with E-state index in [-0.39, 0.29) is 18.2 Å². The van der Waals surface area contributed by atoms with Gasteiger partial charge in [0.1, 0.15) is 24.3 Å². The molecule has 3 N–H and O–H groups in total. The van der Waals surface area contributed by atoms with Crippen LogP contribution >= 0.6 is 11.6 Å². The monoisotopic (exact) mass is 374 g/mol. The maximum Gasteiger partial charge on any atom is 0.162 e. The molecule has 0 saturated carbocycles. The minimum Gasteiger partial charge on any atom is -0.386 e. The average molecular weight is 375 g/mol. The van der Waals surface area contributed by atoms with E-state index >= 15 is 0 Å². The molecular formula is C18H19ClN4O3. The van der Waals surface area contributed by atoms with Gasteiger partial charge in [-0.1, -0.05) is 30.7 Å². The molecule has 4 unspecified atom stereocenters. The first-order valence-corrected chi connectivity index (χ1v) is 8.77. The number of benzene rings is 1. The van der Waals surface area contributed by atoms with Crippen LogP contribution < -0.4 is 5.48 Å². The van der Waals surface area contributed by atoms with E-state index in [9.17, 15) is 10.3 Å². The van der Waals surface area contributed by atoms with Crippen LogP contribution in [-0.2, 0) is 4.74 Å². The highest BCUT2D eigenvalue weighted by Gasteiger charge is 2.38. The number of hydrogen-bond donors (Lipinski definition) is 3. The number of hydrogen-bond acceptors (Lipinski definition) is 6. The highest BCUT2D eigenvalue weighted by atomic mass is 35.5. The zero-order valence-electron chi connectivity index (χ0n) is 14.1. The highest BCUT2D eigenvalue weighted by Crippen LogP contribution is 2.40. The lowest BCUT2D eigenvalue weighted by Gasteiger charge is -2.22. The van der Waals surface area contributed by atoms with Gasteiger partial charge >= 0.3 is 0 Å². The molecule has 2 aromatic heterocycles. The Bertz CT molecular complexity index is 914. The van der Waals surface area contributed by atoms with Gasteiger partial charge in [-0.15, -0.1) is 0 Å². The molecule has 4 rings (SSSR count). The molecule has 7 nitrogen and oxygen atoms in total. The van der Waals surface area contributed by atoms with Crippen molar-refractivity contribution in [3.8, 4) is 0 Å². The van der Waals surface area contributed by atoms with Crippen LogP contribution in [0.3, 0.4) is 0 Å². The van der Waals surface area contributed by atoms with E-state index in [2.05, 4.69) is 22.4 Å². The van der Waals surface area contributed by atoms with Crippen LogP contribution in [-0.4, -0.2) is 31.0 Å². The van der Waals surface area contributed by atoms with E-state index in [1.54, 1.807) is 12.1 Å². The fourth-order valence-corrected chi connectivity index (χ4v) is 3.66. The summed E-state index contributed by atoms with van der Waals surface area (Å²) in [6, 6.07) is 8.97. The quantitative estimate of drug-likeness (QED) is 0.605. The van der Waals surface area contributed by atoms with Crippen LogP contribution in [0.1, 0.15) is 31.2 Å². The number of aliphatic hydroxyl groups excluding tert-OH is 1. The molecule has 1 fully saturated rings. The summed E-state index contributed by atoms with van der Waals surface area (Å²) in [5.41, 5.74) is 3.52. The molecule has 1 aliphatic heterocycles. The van der Waals surface area contributed by atoms with Crippen molar-refractivity contribution in [3.63, 3.8) is 0 Å². The van der Waals surface area contributed by atoms with Crippen molar-refractivity contribution in [2.45, 2.75) is 31.8 Å². The summed E-state index contributed by atoms with van der Waals surface area (Å²) in [6.45, 7) is 2.06. The smallest absolute Gasteiger partial charge is 0.162 e. The van der Waals surface area contributed by atoms with E-state index in [4.69, 9.17) is 16.3 Å². The molecule has 1 aromatic carbocycles. The van der Waals surface area contributed by atoms with Gasteiger partial charge in [0.05, 0.1) is 11.5 Å². The van der Waals surface area contributed by atoms with Gasteiger partial charge in [0.15, 0.2) is 5.82 Å². The number of ether oxygens (including phenoxy) is 1. The third-order valence-electron chi connectivity index (χ3n) is 4.90. The Hall–Kier alpha value is -2.19. The van der Waals surface area contributed by atoms with Crippen molar-refractivity contribution >= 4 is 28.5 Å². The second kappa shape index (κ2) is 6.85. The fourth-order valence-electron chi connectivity index (χ4n) is 3.53. The highest BCUT2D eigenvalue weighted by molar-refractivity contribution is 6.30. The van der Waals surface area contributed by atoms with Crippen molar-refractivity contribution in [2.75, 3.05) is 5.48 Å². The first kappa shape index (κ1) is 17.2. The zero-order chi connectivity index (χ0) is 18.3. The second-order valence-electron chi connectivity index (χ2n) is 6.56. The normalized spacial score (nSPS) is 24.1. The molecule has 3 aromatic rings. The fraction of sp³-hybridized carbons (Fsp3) is 0.333. The van der Waals surface area contributed by atoms with Gasteiger partial charge in [0.25, 0.3) is 0 Å². The minimum absolute atomic E-state index is 0.153. The molecule has 0 radical (unpaired) electrons. The Kier molecular flexibility index (Phi) is 4.54. The number of aromatic nitrogens is 3. The molecule has 26 heavy (non-hydrogen) atoms. The van der Waals surface area contributed by atoms with Gasteiger partial charge in [0, 0.05) is 11.2 Å². The Balaban J connectivity index is 1.60. The molecule has 136 valence electrons. The molecule has 1 aliphatic rings. The maximum atomic E-state index is 10.7. The van der Waals surface area contributed by atoms with Gasteiger partial charge in [-0.2, -0.15) is 0 Å². The van der Waals surface area contributed by atoms with E-state index < -0.39 is 6.10 Å². The summed E-state index contributed by atoms with van der Waals surface area (Å²) in [4.78, 5) is 8.29. The standard InChI is InChI=1S/C18H19ClN4O3/c1-10-8-14(23-7-6-13-17(22-25)20-9-21-18(13)23)26-16(10)15(24)11-2-4-12(19)5-3-11/h2-7,9-10,14-16,24-25H,8H2,1H3,(H,20,21,22). The van der Waals surface area contributed by atoms with Crippen molar-refractivity contribution in [2.24, 2.45) is 5.92 Å². The number of nitrogens with one attached hydrogen (secondary N) is 1. The first-order valence-electron chi connectivity index (χ1n) is 8.39. The summed E-state index contributed by atoms with van der Waals surface area (Å²) in [5.74, 6) is 0.498. The number of nitrogens with zero attached hydrogens (tertiary/aromatic N) is 3. The van der Waals surface area contributed by atoms with E-state index in [0.717, 1.165) is 12.0 Å². The van der Waals surface area contributed by atoms with Crippen LogP contribution in [0.5, 0.6) is 0 Å². The summed E-state index contributed by atoms with van der Waals surface area (Å²) in [7, 11) is 0. The molecule has 8 heteroatoms. The Morgan fingerprint density at radius 3 is 2.77 bits per heavy atom. The number of fused-ring (bicyclic) bond motifs is 1. The van der Waals surface area contributed by atoms with Crippen molar-refractivity contribution < 1.29 is 15.1 Å². The maximum absolute atomic E-state index is 10.7. The lowest BCUT2D eigenvalue weighted by molar-refractivity contribution is -0.0675. The number of halogens is 1. The SMILES string of the molecule is CC1CC(n2ccc3c(NO)ncnc32)OC1C(O)c1ccc(Cl)cc1. The first-order chi connectivity index (χ1) is 12.6. The lowest BCUT2D eigenvalue weighted by Crippen LogP contribution is -2.23. The van der Waals surface area contributed by atoms with Gasteiger partial charge in [0.2, 0.25) is 0 Å². The second-order valence-corrected chi connectivity index (χ2v) is 7.00. The van der Waals surface area contributed by atoms with Crippen LogP contribution in [0, 0.1) is 5.92 Å². The van der Waals surface area contributed by atoms with Crippen LogP contribution in [0.4, 0.5) is 5.82 Å². The summed E-state index contributed by atoms with van der Waals surface area (Å²) >= 11 is 5.92. The molecule has 0 amide bonds. The van der Waals surface area contributed by atoms with Crippen molar-refractivity contribution in [1.82, 2.24) is 14.5 Å². The summed E-state index contributed by atoms with van der Waals surface area (Å²) in [5, 5.41) is 21.3. The predicted octanol–water partition coefficient (Wildman–Crippen LogP) is 3.54. The van der Waals surface area contributed by atoms with Gasteiger partial charge in [-0.05, 0) is 36.1 Å². The Morgan fingerprint density at radius 2 is 2.04 bits per heavy atom. The molecule has 0 bridgehead atoms. The van der Waals surface area contributed by atoms with Crippen LogP contribution in [0.25, 0.3) is 11.0 Å². The van der Waals surface area contributed by atoms with E-state index in [1.807, 2.05) is 29.0 Å². The Labute approximate surface area is 155 Å². The number of rotatable bonds is 4. The van der Waals surface area contributed by atoms with Crippen LogP contribution in [0.2, 0.25) is 5.02 Å². The molecule has 4 atom stereocenters. The zero-order valence-corrected chi connectivity index (χ0v) is 14.8. The van der Waals surface area contributed by atoms with E-state index in [0.29, 0.717) is 21.9 Å². The predicted molar refractivity (Wildman–Crippen MR) is 97.0 cm³/mol. The third kappa shape index (κ3) is 2.93. The molecule has 3 heterocycles. The minimum atomic E-state index is -0.738. The summed E-state index contributed by atoms with van der Waals surface area (Å²) in [6.07, 6.45) is 2.65.